The maximum Gasteiger partial charge on any atom is 0.130 e. The predicted molar refractivity (Wildman–Crippen MR) is 83.1 cm³/mol. The van der Waals surface area contributed by atoms with Crippen LogP contribution in [0, 0.1) is 0 Å². The van der Waals surface area contributed by atoms with Gasteiger partial charge in [0.2, 0.25) is 0 Å². The zero-order valence-electron chi connectivity index (χ0n) is 12.6. The lowest BCUT2D eigenvalue weighted by atomic mass is 9.78. The lowest BCUT2D eigenvalue weighted by Gasteiger charge is -2.24. The highest BCUT2D eigenvalue weighted by atomic mass is 16.5. The van der Waals surface area contributed by atoms with Gasteiger partial charge in [-0.15, -0.1) is 0 Å². The molecule has 0 aliphatic carbocycles. The Bertz CT molecular complexity index is 604. The van der Waals surface area contributed by atoms with Crippen molar-refractivity contribution in [3.63, 3.8) is 0 Å². The average molecular weight is 284 g/mol. The standard InChI is InChI=1S/C18H20O3/c1-18(13-19,15-5-4-6-17(11-15)21-3)12-14-7-9-16(20-2)10-8-14/h4-11,13H,12H2,1-3H3. The van der Waals surface area contributed by atoms with Crippen molar-refractivity contribution in [2.45, 2.75) is 18.8 Å². The number of rotatable bonds is 6. The van der Waals surface area contributed by atoms with Crippen molar-refractivity contribution in [3.8, 4) is 11.5 Å². The molecule has 0 spiro atoms. The Balaban J connectivity index is 2.29. The summed E-state index contributed by atoms with van der Waals surface area (Å²) in [6.07, 6.45) is 1.64. The fourth-order valence-electron chi connectivity index (χ4n) is 2.36. The molecule has 0 heterocycles. The zero-order chi connectivity index (χ0) is 15.3. The zero-order valence-corrected chi connectivity index (χ0v) is 12.6. The van der Waals surface area contributed by atoms with Crippen molar-refractivity contribution in [1.29, 1.82) is 0 Å². The lowest BCUT2D eigenvalue weighted by Crippen LogP contribution is -2.26. The number of hydrogen-bond donors (Lipinski definition) is 0. The molecule has 0 fully saturated rings. The van der Waals surface area contributed by atoms with Crippen LogP contribution < -0.4 is 9.47 Å². The third-order valence-corrected chi connectivity index (χ3v) is 3.72. The molecule has 0 saturated carbocycles. The first-order valence-electron chi connectivity index (χ1n) is 6.85. The molecule has 2 aromatic carbocycles. The maximum atomic E-state index is 11.7. The van der Waals surface area contributed by atoms with Gasteiger partial charge < -0.3 is 14.3 Å². The molecule has 0 aliphatic heterocycles. The quantitative estimate of drug-likeness (QED) is 0.763. The van der Waals surface area contributed by atoms with Crippen molar-refractivity contribution >= 4 is 6.29 Å². The van der Waals surface area contributed by atoms with E-state index in [2.05, 4.69) is 0 Å². The SMILES string of the molecule is COc1ccc(CC(C)(C=O)c2cccc(OC)c2)cc1. The van der Waals surface area contributed by atoms with E-state index in [0.717, 1.165) is 28.9 Å². The fraction of sp³-hybridized carbons (Fsp3) is 0.278. The van der Waals surface area contributed by atoms with Crippen molar-refractivity contribution in [3.05, 3.63) is 59.7 Å². The van der Waals surface area contributed by atoms with Gasteiger partial charge in [-0.1, -0.05) is 24.3 Å². The number of carbonyl (C=O) groups is 1. The van der Waals surface area contributed by atoms with E-state index in [4.69, 9.17) is 9.47 Å². The topological polar surface area (TPSA) is 35.5 Å². The molecular weight excluding hydrogens is 264 g/mol. The van der Waals surface area contributed by atoms with Crippen molar-refractivity contribution < 1.29 is 14.3 Å². The van der Waals surface area contributed by atoms with Crippen LogP contribution in [0.5, 0.6) is 11.5 Å². The van der Waals surface area contributed by atoms with E-state index in [-0.39, 0.29) is 0 Å². The van der Waals surface area contributed by atoms with Gasteiger partial charge in [0.15, 0.2) is 0 Å². The Hall–Kier alpha value is -2.29. The van der Waals surface area contributed by atoms with Crippen molar-refractivity contribution in [2.75, 3.05) is 14.2 Å². The van der Waals surface area contributed by atoms with Crippen LogP contribution in [-0.4, -0.2) is 20.5 Å². The van der Waals surface area contributed by atoms with Crippen LogP contribution in [0.3, 0.4) is 0 Å². The molecule has 1 atom stereocenters. The first-order chi connectivity index (χ1) is 10.1. The summed E-state index contributed by atoms with van der Waals surface area (Å²) in [6.45, 7) is 1.94. The van der Waals surface area contributed by atoms with Crippen LogP contribution in [0.1, 0.15) is 18.1 Å². The number of benzene rings is 2. The number of ether oxygens (including phenoxy) is 2. The molecule has 0 amide bonds. The summed E-state index contributed by atoms with van der Waals surface area (Å²) in [5, 5.41) is 0. The van der Waals surface area contributed by atoms with Gasteiger partial charge in [0, 0.05) is 0 Å². The first kappa shape index (κ1) is 15.1. The molecule has 21 heavy (non-hydrogen) atoms. The molecule has 0 aliphatic rings. The van der Waals surface area contributed by atoms with Crippen LogP contribution in [0.4, 0.5) is 0 Å². The van der Waals surface area contributed by atoms with E-state index >= 15 is 0 Å². The van der Waals surface area contributed by atoms with Gasteiger partial charge in [0.1, 0.15) is 17.8 Å². The highest BCUT2D eigenvalue weighted by Gasteiger charge is 2.27. The second-order valence-electron chi connectivity index (χ2n) is 5.29. The molecule has 0 N–H and O–H groups in total. The van der Waals surface area contributed by atoms with Crippen molar-refractivity contribution in [1.82, 2.24) is 0 Å². The Labute approximate surface area is 125 Å². The monoisotopic (exact) mass is 284 g/mol. The number of carbonyl (C=O) groups excluding carboxylic acids is 1. The second-order valence-corrected chi connectivity index (χ2v) is 5.29. The van der Waals surface area contributed by atoms with Gasteiger partial charge in [0.25, 0.3) is 0 Å². The molecule has 0 radical (unpaired) electrons. The van der Waals surface area contributed by atoms with Gasteiger partial charge in [-0.2, -0.15) is 0 Å². The van der Waals surface area contributed by atoms with Crippen LogP contribution >= 0.6 is 0 Å². The van der Waals surface area contributed by atoms with Crippen molar-refractivity contribution in [2.24, 2.45) is 0 Å². The summed E-state index contributed by atoms with van der Waals surface area (Å²) < 4.78 is 10.4. The Morgan fingerprint density at radius 3 is 2.24 bits per heavy atom. The van der Waals surface area contributed by atoms with Gasteiger partial charge in [0.05, 0.1) is 19.6 Å². The number of methoxy groups -OCH3 is 2. The van der Waals surface area contributed by atoms with Gasteiger partial charge in [-0.25, -0.2) is 0 Å². The third kappa shape index (κ3) is 3.43. The minimum Gasteiger partial charge on any atom is -0.497 e. The normalized spacial score (nSPS) is 13.3. The first-order valence-corrected chi connectivity index (χ1v) is 6.85. The smallest absolute Gasteiger partial charge is 0.130 e. The summed E-state index contributed by atoms with van der Waals surface area (Å²) in [5.41, 5.74) is 1.46. The Morgan fingerprint density at radius 1 is 1.00 bits per heavy atom. The Kier molecular flexibility index (Phi) is 4.63. The van der Waals surface area contributed by atoms with E-state index in [1.165, 1.54) is 0 Å². The lowest BCUT2D eigenvalue weighted by molar-refractivity contribution is -0.112. The molecule has 1 unspecified atom stereocenters. The van der Waals surface area contributed by atoms with E-state index in [1.807, 2.05) is 55.5 Å². The maximum absolute atomic E-state index is 11.7. The third-order valence-electron chi connectivity index (χ3n) is 3.72. The molecule has 0 aromatic heterocycles. The Morgan fingerprint density at radius 2 is 1.67 bits per heavy atom. The van der Waals surface area contributed by atoms with Gasteiger partial charge in [-0.05, 0) is 48.7 Å². The molecule has 3 heteroatoms. The van der Waals surface area contributed by atoms with Crippen LogP contribution in [0.25, 0.3) is 0 Å². The summed E-state index contributed by atoms with van der Waals surface area (Å²) in [4.78, 5) is 11.7. The predicted octanol–water partition coefficient (Wildman–Crippen LogP) is 3.40. The molecule has 0 bridgehead atoms. The van der Waals surface area contributed by atoms with E-state index in [9.17, 15) is 4.79 Å². The molecule has 110 valence electrons. The number of aldehydes is 1. The molecular formula is C18H20O3. The molecule has 0 saturated heterocycles. The van der Waals surface area contributed by atoms with Gasteiger partial charge >= 0.3 is 0 Å². The second kappa shape index (κ2) is 6.44. The van der Waals surface area contributed by atoms with Crippen LogP contribution in [0.2, 0.25) is 0 Å². The highest BCUT2D eigenvalue weighted by molar-refractivity contribution is 5.69. The summed E-state index contributed by atoms with van der Waals surface area (Å²) >= 11 is 0. The average Bonchev–Trinajstić information content (AvgIpc) is 2.55. The summed E-state index contributed by atoms with van der Waals surface area (Å²) in [6, 6.07) is 15.4. The van der Waals surface area contributed by atoms with E-state index in [0.29, 0.717) is 6.42 Å². The van der Waals surface area contributed by atoms with Crippen LogP contribution in [-0.2, 0) is 16.6 Å². The molecule has 2 aromatic rings. The van der Waals surface area contributed by atoms with E-state index < -0.39 is 5.41 Å². The van der Waals surface area contributed by atoms with Crippen LogP contribution in [0.15, 0.2) is 48.5 Å². The molecule has 3 nitrogen and oxygen atoms in total. The summed E-state index contributed by atoms with van der Waals surface area (Å²) in [7, 11) is 3.27. The highest BCUT2D eigenvalue weighted by Crippen LogP contribution is 2.29. The fourth-order valence-corrected chi connectivity index (χ4v) is 2.36. The minimum absolute atomic E-state index is 0.580. The van der Waals surface area contributed by atoms with E-state index in [1.54, 1.807) is 14.2 Å². The van der Waals surface area contributed by atoms with Gasteiger partial charge in [-0.3, -0.25) is 0 Å². The summed E-state index contributed by atoms with van der Waals surface area (Å²) in [5.74, 6) is 1.57. The minimum atomic E-state index is -0.580. The molecule has 2 rings (SSSR count). The largest absolute Gasteiger partial charge is 0.497 e. The number of hydrogen-bond acceptors (Lipinski definition) is 3.